The van der Waals surface area contributed by atoms with Gasteiger partial charge in [-0.25, -0.2) is 24.3 Å². The summed E-state index contributed by atoms with van der Waals surface area (Å²) in [6.07, 6.45) is 10.3. The molecule has 6 rings (SSSR count). The number of fused-ring (bicyclic) bond motifs is 1. The van der Waals surface area contributed by atoms with Crippen LogP contribution in [-0.4, -0.2) is 40.0 Å². The van der Waals surface area contributed by atoms with Crippen molar-refractivity contribution in [2.75, 3.05) is 10.6 Å². The molecule has 0 aliphatic carbocycles. The Labute approximate surface area is 222 Å². The number of amides is 1. The minimum atomic E-state index is -0.686. The number of carbonyl (C=O) groups is 1. The van der Waals surface area contributed by atoms with Crippen molar-refractivity contribution in [3.63, 3.8) is 0 Å². The Balaban J connectivity index is 1.27. The van der Waals surface area contributed by atoms with E-state index in [1.807, 2.05) is 61.3 Å². The zero-order valence-corrected chi connectivity index (χ0v) is 21.2. The number of hydrogen-bond donors (Lipinski definition) is 3. The summed E-state index contributed by atoms with van der Waals surface area (Å²) < 4.78 is 17.2. The van der Waals surface area contributed by atoms with E-state index in [1.54, 1.807) is 35.3 Å². The Bertz CT molecular complexity index is 1820. The number of carbonyl (C=O) groups excluding carboxylic acids is 1. The number of alkyl halides is 1. The first-order valence-corrected chi connectivity index (χ1v) is 12.2. The minimum absolute atomic E-state index is 0.344. The third-order valence-electron chi connectivity index (χ3n) is 6.35. The highest BCUT2D eigenvalue weighted by atomic mass is 19.1. The molecule has 6 aromatic rings. The summed E-state index contributed by atoms with van der Waals surface area (Å²) >= 11 is 0. The molecule has 194 valence electrons. The fraction of sp³-hybridized carbons (Fsp3) is 0.107. The van der Waals surface area contributed by atoms with Gasteiger partial charge in [0.2, 0.25) is 5.95 Å². The molecule has 4 aromatic heterocycles. The molecule has 0 fully saturated rings. The molecule has 1 amide bonds. The predicted molar refractivity (Wildman–Crippen MR) is 147 cm³/mol. The van der Waals surface area contributed by atoms with E-state index >= 15 is 0 Å². The van der Waals surface area contributed by atoms with E-state index < -0.39 is 6.67 Å². The van der Waals surface area contributed by atoms with Gasteiger partial charge in [-0.2, -0.15) is 0 Å². The maximum absolute atomic E-state index is 13.6. The number of halogens is 1. The van der Waals surface area contributed by atoms with Gasteiger partial charge >= 0.3 is 0 Å². The monoisotopic (exact) mass is 521 g/mol. The van der Waals surface area contributed by atoms with Gasteiger partial charge in [-0.05, 0) is 61.4 Å². The van der Waals surface area contributed by atoms with Crippen LogP contribution in [0.1, 0.15) is 27.2 Å². The zero-order chi connectivity index (χ0) is 26.9. The lowest BCUT2D eigenvalue weighted by molar-refractivity contribution is 0.102. The van der Waals surface area contributed by atoms with Crippen molar-refractivity contribution in [1.82, 2.24) is 34.1 Å². The van der Waals surface area contributed by atoms with Crippen molar-refractivity contribution in [1.29, 1.82) is 0 Å². The average Bonchev–Trinajstić information content (AvgIpc) is 3.71. The van der Waals surface area contributed by atoms with Gasteiger partial charge in [0.05, 0.1) is 17.4 Å². The summed E-state index contributed by atoms with van der Waals surface area (Å²) in [4.78, 5) is 33.7. The normalized spacial score (nSPS) is 11.2. The summed E-state index contributed by atoms with van der Waals surface area (Å²) in [5, 5.41) is 7.14. The smallest absolute Gasteiger partial charge is 0.255 e. The van der Waals surface area contributed by atoms with Gasteiger partial charge in [0.1, 0.15) is 18.6 Å². The number of hydrogen-bond acceptors (Lipinski definition) is 6. The zero-order valence-electron chi connectivity index (χ0n) is 21.2. The van der Waals surface area contributed by atoms with Crippen LogP contribution < -0.4 is 10.6 Å². The largest absolute Gasteiger partial charge is 0.346 e. The van der Waals surface area contributed by atoms with Gasteiger partial charge < -0.3 is 20.2 Å². The molecular weight excluding hydrogens is 497 g/mol. The number of benzene rings is 2. The van der Waals surface area contributed by atoms with E-state index in [4.69, 9.17) is 0 Å². The number of aromatic amines is 1. The van der Waals surface area contributed by atoms with E-state index in [2.05, 4.69) is 35.6 Å². The SMILES string of the molecule is Cc1cn(-c2cc(CF)cc(C(=O)Nc3ccc(C)c(Nc4nccn4-c4ncnc5[nH]ccc45)c3)c2)cn1. The van der Waals surface area contributed by atoms with Gasteiger partial charge in [0.15, 0.2) is 5.82 Å². The van der Waals surface area contributed by atoms with E-state index in [9.17, 15) is 9.18 Å². The van der Waals surface area contributed by atoms with Crippen molar-refractivity contribution in [3.8, 4) is 11.5 Å². The number of nitrogens with zero attached hydrogens (tertiary/aromatic N) is 6. The molecule has 0 unspecified atom stereocenters. The molecule has 0 radical (unpaired) electrons. The molecule has 0 atom stereocenters. The van der Waals surface area contributed by atoms with Crippen LogP contribution in [0, 0.1) is 13.8 Å². The second-order valence-electron chi connectivity index (χ2n) is 9.11. The van der Waals surface area contributed by atoms with Crippen LogP contribution in [0.3, 0.4) is 0 Å². The van der Waals surface area contributed by atoms with Gasteiger partial charge in [0.25, 0.3) is 5.91 Å². The molecule has 3 N–H and O–H groups in total. The van der Waals surface area contributed by atoms with Crippen LogP contribution in [0.25, 0.3) is 22.5 Å². The summed E-state index contributed by atoms with van der Waals surface area (Å²) in [6, 6.07) is 12.4. The molecule has 0 aliphatic rings. The highest BCUT2D eigenvalue weighted by molar-refractivity contribution is 6.05. The van der Waals surface area contributed by atoms with Gasteiger partial charge in [-0.3, -0.25) is 9.36 Å². The van der Waals surface area contributed by atoms with E-state index in [1.165, 1.54) is 6.33 Å². The number of aryl methyl sites for hydroxylation is 2. The van der Waals surface area contributed by atoms with Gasteiger partial charge in [-0.1, -0.05) is 6.07 Å². The molecule has 0 spiro atoms. The minimum Gasteiger partial charge on any atom is -0.346 e. The van der Waals surface area contributed by atoms with Crippen LogP contribution >= 0.6 is 0 Å². The fourth-order valence-electron chi connectivity index (χ4n) is 4.37. The Hall–Kier alpha value is -5.32. The number of nitrogens with one attached hydrogen (secondary N) is 3. The van der Waals surface area contributed by atoms with Crippen molar-refractivity contribution < 1.29 is 9.18 Å². The van der Waals surface area contributed by atoms with Crippen molar-refractivity contribution >= 4 is 34.3 Å². The molecule has 0 saturated carbocycles. The van der Waals surface area contributed by atoms with Crippen molar-refractivity contribution in [2.24, 2.45) is 0 Å². The lowest BCUT2D eigenvalue weighted by Crippen LogP contribution is -2.13. The van der Waals surface area contributed by atoms with Crippen molar-refractivity contribution in [2.45, 2.75) is 20.5 Å². The van der Waals surface area contributed by atoms with E-state index in [0.717, 1.165) is 28.0 Å². The third-order valence-corrected chi connectivity index (χ3v) is 6.35. The number of imidazole rings is 2. The van der Waals surface area contributed by atoms with E-state index in [0.29, 0.717) is 34.3 Å². The predicted octanol–water partition coefficient (Wildman–Crippen LogP) is 5.41. The Morgan fingerprint density at radius 1 is 1.05 bits per heavy atom. The van der Waals surface area contributed by atoms with Gasteiger partial charge in [-0.15, -0.1) is 0 Å². The van der Waals surface area contributed by atoms with Crippen LogP contribution in [0.2, 0.25) is 0 Å². The second-order valence-corrected chi connectivity index (χ2v) is 9.11. The van der Waals surface area contributed by atoms with Crippen molar-refractivity contribution in [3.05, 3.63) is 102 Å². The lowest BCUT2D eigenvalue weighted by Gasteiger charge is -2.14. The lowest BCUT2D eigenvalue weighted by atomic mass is 10.1. The number of rotatable bonds is 7. The first-order chi connectivity index (χ1) is 19.0. The molecule has 39 heavy (non-hydrogen) atoms. The molecule has 0 aliphatic heterocycles. The summed E-state index contributed by atoms with van der Waals surface area (Å²) in [5.41, 5.74) is 5.25. The highest BCUT2D eigenvalue weighted by Crippen LogP contribution is 2.27. The van der Waals surface area contributed by atoms with Crippen LogP contribution in [0.4, 0.5) is 21.7 Å². The van der Waals surface area contributed by atoms with E-state index in [-0.39, 0.29) is 5.91 Å². The number of aromatic nitrogens is 7. The van der Waals surface area contributed by atoms with Crippen LogP contribution in [0.15, 0.2) is 79.9 Å². The first kappa shape index (κ1) is 24.0. The maximum Gasteiger partial charge on any atom is 0.255 e. The first-order valence-electron chi connectivity index (χ1n) is 12.2. The Morgan fingerprint density at radius 3 is 2.77 bits per heavy atom. The quantitative estimate of drug-likeness (QED) is 0.258. The average molecular weight is 522 g/mol. The Kier molecular flexibility index (Phi) is 6.08. The maximum atomic E-state index is 13.6. The topological polar surface area (TPSA) is 118 Å². The molecule has 2 aromatic carbocycles. The molecule has 10 nitrogen and oxygen atoms in total. The van der Waals surface area contributed by atoms with Crippen LogP contribution in [0.5, 0.6) is 0 Å². The van der Waals surface area contributed by atoms with Gasteiger partial charge in [0, 0.05) is 47.4 Å². The summed E-state index contributed by atoms with van der Waals surface area (Å²) in [5.74, 6) is 0.884. The Morgan fingerprint density at radius 2 is 1.95 bits per heavy atom. The number of H-pyrrole nitrogens is 1. The molecule has 4 heterocycles. The standard InChI is InChI=1S/C28H24FN9O/c1-17-3-4-21(35-27(39)20-9-19(13-29)10-22(11-20)37-14-18(2)34-16-37)12-24(17)36-28-31-7-8-38(28)26-23-5-6-30-25(23)32-15-33-26/h3-12,14-16H,13H2,1-2H3,(H,31,36)(H,35,39)(H,30,32,33). The molecule has 0 bridgehead atoms. The highest BCUT2D eigenvalue weighted by Gasteiger charge is 2.14. The molecular formula is C28H24FN9O. The molecule has 0 saturated heterocycles. The second kappa shape index (κ2) is 9.86. The fourth-order valence-corrected chi connectivity index (χ4v) is 4.37. The summed E-state index contributed by atoms with van der Waals surface area (Å²) in [7, 11) is 0. The third kappa shape index (κ3) is 4.73. The van der Waals surface area contributed by atoms with Crippen LogP contribution in [-0.2, 0) is 6.67 Å². The molecule has 11 heteroatoms. The summed E-state index contributed by atoms with van der Waals surface area (Å²) in [6.45, 7) is 3.14. The number of anilines is 3.